The molecule has 0 spiro atoms. The van der Waals surface area contributed by atoms with Crippen LogP contribution < -0.4 is 10.1 Å². The van der Waals surface area contributed by atoms with Gasteiger partial charge in [-0.1, -0.05) is 17.7 Å². The van der Waals surface area contributed by atoms with Crippen molar-refractivity contribution in [1.82, 2.24) is 0 Å². The molecule has 1 N–H and O–H groups in total. The molecule has 2 aromatic carbocycles. The van der Waals surface area contributed by atoms with E-state index in [1.165, 1.54) is 0 Å². The molecule has 0 unspecified atom stereocenters. The lowest BCUT2D eigenvalue weighted by Crippen LogP contribution is -2.30. The summed E-state index contributed by atoms with van der Waals surface area (Å²) >= 11 is 5.83. The van der Waals surface area contributed by atoms with Crippen molar-refractivity contribution in [2.24, 2.45) is 0 Å². The maximum atomic E-state index is 12.4. The number of halogens is 1. The van der Waals surface area contributed by atoms with Crippen LogP contribution in [-0.4, -0.2) is 24.6 Å². The van der Waals surface area contributed by atoms with Crippen LogP contribution in [0.15, 0.2) is 42.5 Å². The number of esters is 1. The van der Waals surface area contributed by atoms with E-state index < -0.39 is 12.1 Å². The molecule has 25 heavy (non-hydrogen) atoms. The summed E-state index contributed by atoms with van der Waals surface area (Å²) < 4.78 is 10.6. The zero-order valence-corrected chi connectivity index (χ0v) is 15.1. The van der Waals surface area contributed by atoms with E-state index in [-0.39, 0.29) is 5.91 Å². The number of ether oxygens (including phenoxy) is 2. The number of nitrogens with one attached hydrogen (secondary N) is 1. The Labute approximate surface area is 151 Å². The van der Waals surface area contributed by atoms with Crippen LogP contribution in [0.2, 0.25) is 5.02 Å². The van der Waals surface area contributed by atoms with Crippen LogP contribution >= 0.6 is 11.6 Å². The summed E-state index contributed by atoms with van der Waals surface area (Å²) in [5.74, 6) is -0.190. The van der Waals surface area contributed by atoms with Gasteiger partial charge in [0.2, 0.25) is 0 Å². The molecular weight excluding hydrogens is 342 g/mol. The summed E-state index contributed by atoms with van der Waals surface area (Å²) in [6.07, 6.45) is -0.716. The van der Waals surface area contributed by atoms with Gasteiger partial charge in [-0.15, -0.1) is 0 Å². The number of carbonyl (C=O) groups is 2. The third-order valence-corrected chi connectivity index (χ3v) is 3.83. The number of benzene rings is 2. The van der Waals surface area contributed by atoms with Gasteiger partial charge < -0.3 is 14.8 Å². The highest BCUT2D eigenvalue weighted by atomic mass is 35.5. The standard InChI is InChI=1S/C19H20ClNO4/c1-4-24-19(23)16-6-5-7-17(12(16)2)21-18(22)13(3)25-15-10-8-14(20)9-11-15/h5-11,13H,4H2,1-3H3,(H,21,22)/t13-/m1/s1. The molecule has 0 aromatic heterocycles. The average molecular weight is 362 g/mol. The van der Waals surface area contributed by atoms with Gasteiger partial charge in [-0.3, -0.25) is 4.79 Å². The summed E-state index contributed by atoms with van der Waals surface area (Å²) in [5.41, 5.74) is 1.61. The molecule has 1 amide bonds. The molecule has 0 aliphatic carbocycles. The van der Waals surface area contributed by atoms with Gasteiger partial charge in [0.25, 0.3) is 5.91 Å². The predicted molar refractivity (Wildman–Crippen MR) is 97.3 cm³/mol. The van der Waals surface area contributed by atoms with Crippen molar-refractivity contribution in [3.8, 4) is 5.75 Å². The van der Waals surface area contributed by atoms with E-state index in [2.05, 4.69) is 5.32 Å². The van der Waals surface area contributed by atoms with E-state index >= 15 is 0 Å². The Morgan fingerprint density at radius 2 is 1.84 bits per heavy atom. The smallest absolute Gasteiger partial charge is 0.338 e. The summed E-state index contributed by atoms with van der Waals surface area (Å²) in [5, 5.41) is 3.37. The van der Waals surface area contributed by atoms with Gasteiger partial charge in [0.1, 0.15) is 5.75 Å². The summed E-state index contributed by atoms with van der Waals surface area (Å²) in [7, 11) is 0. The predicted octanol–water partition coefficient (Wildman–Crippen LogP) is 4.23. The molecule has 0 aliphatic rings. The summed E-state index contributed by atoms with van der Waals surface area (Å²) in [4.78, 5) is 24.3. The van der Waals surface area contributed by atoms with Crippen LogP contribution in [0, 0.1) is 6.92 Å². The number of rotatable bonds is 6. The molecule has 132 valence electrons. The molecule has 5 nitrogen and oxygen atoms in total. The topological polar surface area (TPSA) is 64.6 Å². The van der Waals surface area contributed by atoms with Crippen molar-refractivity contribution in [3.05, 3.63) is 58.6 Å². The number of hydrogen-bond donors (Lipinski definition) is 1. The third-order valence-electron chi connectivity index (χ3n) is 3.58. The van der Waals surface area contributed by atoms with E-state index in [9.17, 15) is 9.59 Å². The van der Waals surface area contributed by atoms with Gasteiger partial charge in [0, 0.05) is 10.7 Å². The highest BCUT2D eigenvalue weighted by Gasteiger charge is 2.18. The first-order valence-corrected chi connectivity index (χ1v) is 8.30. The quantitative estimate of drug-likeness (QED) is 0.782. The van der Waals surface area contributed by atoms with Crippen LogP contribution in [-0.2, 0) is 9.53 Å². The van der Waals surface area contributed by atoms with Gasteiger partial charge in [-0.25, -0.2) is 4.79 Å². The number of carbonyl (C=O) groups excluding carboxylic acids is 2. The van der Waals surface area contributed by atoms with Gasteiger partial charge in [0.15, 0.2) is 6.10 Å². The Morgan fingerprint density at radius 1 is 1.16 bits per heavy atom. The maximum absolute atomic E-state index is 12.4. The SMILES string of the molecule is CCOC(=O)c1cccc(NC(=O)[C@@H](C)Oc2ccc(Cl)cc2)c1C. The van der Waals surface area contributed by atoms with E-state index in [4.69, 9.17) is 21.1 Å². The van der Waals surface area contributed by atoms with Crippen LogP contribution in [0.4, 0.5) is 5.69 Å². The molecule has 0 bridgehead atoms. The van der Waals surface area contributed by atoms with Crippen molar-refractivity contribution in [2.75, 3.05) is 11.9 Å². The normalized spacial score (nSPS) is 11.5. The fourth-order valence-electron chi connectivity index (χ4n) is 2.21. The Kier molecular flexibility index (Phi) is 6.42. The maximum Gasteiger partial charge on any atom is 0.338 e. The third kappa shape index (κ3) is 4.97. The second-order valence-corrected chi connectivity index (χ2v) is 5.84. The lowest BCUT2D eigenvalue weighted by Gasteiger charge is -2.16. The molecule has 2 aromatic rings. The first-order valence-electron chi connectivity index (χ1n) is 7.92. The summed E-state index contributed by atoms with van der Waals surface area (Å²) in [6.45, 7) is 5.44. The first-order chi connectivity index (χ1) is 11.9. The number of hydrogen-bond acceptors (Lipinski definition) is 4. The number of amides is 1. The first kappa shape index (κ1) is 18.8. The van der Waals surface area contributed by atoms with Gasteiger partial charge in [0.05, 0.1) is 12.2 Å². The van der Waals surface area contributed by atoms with Crippen LogP contribution in [0.1, 0.15) is 29.8 Å². The van der Waals surface area contributed by atoms with E-state index in [1.807, 2.05) is 0 Å². The second-order valence-electron chi connectivity index (χ2n) is 5.40. The highest BCUT2D eigenvalue weighted by molar-refractivity contribution is 6.30. The Bertz CT molecular complexity index is 759. The Hall–Kier alpha value is -2.53. The fraction of sp³-hybridized carbons (Fsp3) is 0.263. The van der Waals surface area contributed by atoms with Crippen LogP contribution in [0.3, 0.4) is 0 Å². The van der Waals surface area contributed by atoms with Gasteiger partial charge >= 0.3 is 5.97 Å². The minimum atomic E-state index is -0.716. The van der Waals surface area contributed by atoms with Gasteiger partial charge in [-0.2, -0.15) is 0 Å². The van der Waals surface area contributed by atoms with Crippen molar-refractivity contribution in [2.45, 2.75) is 26.9 Å². The van der Waals surface area contributed by atoms with Crippen LogP contribution in [0.5, 0.6) is 5.75 Å². The molecule has 0 fully saturated rings. The second kappa shape index (κ2) is 8.53. The number of anilines is 1. The zero-order chi connectivity index (χ0) is 18.4. The molecule has 6 heteroatoms. The molecule has 0 aliphatic heterocycles. The van der Waals surface area contributed by atoms with Crippen molar-refractivity contribution in [1.29, 1.82) is 0 Å². The lowest BCUT2D eigenvalue weighted by atomic mass is 10.1. The van der Waals surface area contributed by atoms with E-state index in [1.54, 1.807) is 63.2 Å². The molecule has 0 saturated carbocycles. The summed E-state index contributed by atoms with van der Waals surface area (Å²) in [6, 6.07) is 11.8. The van der Waals surface area contributed by atoms with Crippen molar-refractivity contribution < 1.29 is 19.1 Å². The van der Waals surface area contributed by atoms with Crippen molar-refractivity contribution >= 4 is 29.2 Å². The Morgan fingerprint density at radius 3 is 2.48 bits per heavy atom. The molecule has 2 rings (SSSR count). The van der Waals surface area contributed by atoms with Crippen molar-refractivity contribution in [3.63, 3.8) is 0 Å². The molecule has 0 saturated heterocycles. The minimum absolute atomic E-state index is 0.292. The lowest BCUT2D eigenvalue weighted by molar-refractivity contribution is -0.122. The zero-order valence-electron chi connectivity index (χ0n) is 14.3. The Balaban J connectivity index is 2.08. The average Bonchev–Trinajstić information content (AvgIpc) is 2.58. The minimum Gasteiger partial charge on any atom is -0.481 e. The van der Waals surface area contributed by atoms with Crippen LogP contribution in [0.25, 0.3) is 0 Å². The largest absolute Gasteiger partial charge is 0.481 e. The monoisotopic (exact) mass is 361 g/mol. The van der Waals surface area contributed by atoms with E-state index in [0.717, 1.165) is 0 Å². The fourth-order valence-corrected chi connectivity index (χ4v) is 2.33. The molecule has 1 atom stereocenters. The molecule has 0 radical (unpaired) electrons. The van der Waals surface area contributed by atoms with E-state index in [0.29, 0.717) is 34.2 Å². The highest BCUT2D eigenvalue weighted by Crippen LogP contribution is 2.21. The van der Waals surface area contributed by atoms with Gasteiger partial charge in [-0.05, 0) is 62.7 Å². The molecule has 0 heterocycles. The molecular formula is C19H20ClNO4.